The van der Waals surface area contributed by atoms with Crippen LogP contribution in [0.5, 0.6) is 0 Å². The van der Waals surface area contributed by atoms with Gasteiger partial charge in [-0.05, 0) is 37.5 Å². The lowest BCUT2D eigenvalue weighted by atomic mass is 9.81. The zero-order valence-electron chi connectivity index (χ0n) is 14.1. The fourth-order valence-electron chi connectivity index (χ4n) is 2.73. The van der Waals surface area contributed by atoms with Gasteiger partial charge in [-0.1, -0.05) is 20.8 Å². The average molecular weight is 314 g/mol. The van der Waals surface area contributed by atoms with Gasteiger partial charge in [0, 0.05) is 13.0 Å². The van der Waals surface area contributed by atoms with Crippen LogP contribution in [0.15, 0.2) is 0 Å². The topological polar surface area (TPSA) is 54.0 Å². The van der Waals surface area contributed by atoms with E-state index in [2.05, 4.69) is 0 Å². The Hall–Kier alpha value is -0.650. The van der Waals surface area contributed by atoms with Gasteiger partial charge in [0.05, 0.1) is 19.1 Å². The number of hydrogen-bond acceptors (Lipinski definition) is 5. The molecular formula is C17H30O5. The Morgan fingerprint density at radius 2 is 1.64 bits per heavy atom. The number of hydrogen-bond donors (Lipinski definition) is 0. The molecule has 0 aliphatic carbocycles. The smallest absolute Gasteiger partial charge is 0.314 e. The van der Waals surface area contributed by atoms with Crippen LogP contribution < -0.4 is 0 Å². The third-order valence-corrected chi connectivity index (χ3v) is 4.30. The van der Waals surface area contributed by atoms with Crippen LogP contribution in [0.25, 0.3) is 0 Å². The van der Waals surface area contributed by atoms with E-state index in [1.807, 2.05) is 20.8 Å². The Morgan fingerprint density at radius 1 is 1.05 bits per heavy atom. The molecule has 2 unspecified atom stereocenters. The molecule has 3 atom stereocenters. The van der Waals surface area contributed by atoms with Crippen LogP contribution in [-0.2, 0) is 23.7 Å². The Balaban J connectivity index is 1.85. The highest BCUT2D eigenvalue weighted by atomic mass is 16.7. The number of carbonyl (C=O) groups excluding carboxylic acids is 1. The van der Waals surface area contributed by atoms with E-state index in [-0.39, 0.29) is 23.6 Å². The fourth-order valence-corrected chi connectivity index (χ4v) is 2.73. The van der Waals surface area contributed by atoms with E-state index in [9.17, 15) is 4.79 Å². The van der Waals surface area contributed by atoms with E-state index in [4.69, 9.17) is 18.9 Å². The molecule has 5 nitrogen and oxygen atoms in total. The molecule has 0 N–H and O–H groups in total. The van der Waals surface area contributed by atoms with E-state index >= 15 is 0 Å². The summed E-state index contributed by atoms with van der Waals surface area (Å²) in [4.78, 5) is 12.5. The van der Waals surface area contributed by atoms with Gasteiger partial charge in [-0.3, -0.25) is 4.79 Å². The maximum atomic E-state index is 12.5. The Bertz CT molecular complexity index is 337. The predicted octanol–water partition coefficient (Wildman–Crippen LogP) is 3.26. The van der Waals surface area contributed by atoms with Crippen molar-refractivity contribution >= 4 is 5.97 Å². The third-order valence-electron chi connectivity index (χ3n) is 4.30. The van der Waals surface area contributed by atoms with Crippen molar-refractivity contribution in [2.24, 2.45) is 11.3 Å². The summed E-state index contributed by atoms with van der Waals surface area (Å²) in [6.45, 7) is 7.85. The van der Waals surface area contributed by atoms with Crippen LogP contribution in [0.1, 0.15) is 59.3 Å². The lowest BCUT2D eigenvalue weighted by molar-refractivity contribution is -0.206. The van der Waals surface area contributed by atoms with Gasteiger partial charge in [0.1, 0.15) is 0 Å². The normalized spacial score (nSPS) is 28.1. The lowest BCUT2D eigenvalue weighted by Crippen LogP contribution is -2.39. The predicted molar refractivity (Wildman–Crippen MR) is 82.2 cm³/mol. The molecule has 2 aliphatic heterocycles. The molecule has 0 aromatic rings. The first-order valence-corrected chi connectivity index (χ1v) is 8.52. The maximum absolute atomic E-state index is 12.5. The summed E-state index contributed by atoms with van der Waals surface area (Å²) in [7, 11) is 0. The summed E-state index contributed by atoms with van der Waals surface area (Å²) < 4.78 is 22.4. The van der Waals surface area contributed by atoms with Crippen LogP contribution in [0, 0.1) is 11.3 Å². The minimum absolute atomic E-state index is 0.183. The van der Waals surface area contributed by atoms with E-state index < -0.39 is 6.29 Å². The monoisotopic (exact) mass is 314 g/mol. The largest absolute Gasteiger partial charge is 0.435 e. The highest BCUT2D eigenvalue weighted by molar-refractivity contribution is 5.73. The summed E-state index contributed by atoms with van der Waals surface area (Å²) in [5.74, 6) is -0.543. The van der Waals surface area contributed by atoms with E-state index in [1.54, 1.807) is 0 Å². The number of esters is 1. The summed E-state index contributed by atoms with van der Waals surface area (Å²) in [6, 6.07) is 0. The minimum atomic E-state index is -0.392. The van der Waals surface area contributed by atoms with Crippen LogP contribution in [0.4, 0.5) is 0 Å². The number of ether oxygens (including phenoxy) is 4. The molecule has 22 heavy (non-hydrogen) atoms. The average Bonchev–Trinajstić information content (AvgIpc) is 2.48. The van der Waals surface area contributed by atoms with Gasteiger partial charge in [-0.2, -0.15) is 0 Å². The van der Waals surface area contributed by atoms with Gasteiger partial charge in [-0.25, -0.2) is 0 Å². The molecule has 0 aromatic carbocycles. The van der Waals surface area contributed by atoms with Crippen molar-refractivity contribution in [3.05, 3.63) is 0 Å². The zero-order chi connectivity index (χ0) is 16.0. The van der Waals surface area contributed by atoms with Crippen LogP contribution in [0.3, 0.4) is 0 Å². The lowest BCUT2D eigenvalue weighted by Gasteiger charge is -2.32. The van der Waals surface area contributed by atoms with Gasteiger partial charge >= 0.3 is 5.97 Å². The van der Waals surface area contributed by atoms with Crippen LogP contribution in [0.2, 0.25) is 0 Å². The molecule has 0 bridgehead atoms. The van der Waals surface area contributed by atoms with Crippen molar-refractivity contribution in [2.45, 2.75) is 71.9 Å². The second-order valence-electron chi connectivity index (χ2n) is 7.28. The number of carbonyl (C=O) groups is 1. The van der Waals surface area contributed by atoms with E-state index in [0.717, 1.165) is 45.1 Å². The Labute approximate surface area is 133 Å². The molecule has 2 rings (SSSR count). The molecule has 2 fully saturated rings. The second kappa shape index (κ2) is 8.27. The number of rotatable bonds is 5. The molecule has 2 heterocycles. The quantitative estimate of drug-likeness (QED) is 0.729. The van der Waals surface area contributed by atoms with Gasteiger partial charge < -0.3 is 18.9 Å². The van der Waals surface area contributed by atoms with Crippen molar-refractivity contribution in [2.75, 3.05) is 19.8 Å². The van der Waals surface area contributed by atoms with Crippen molar-refractivity contribution in [3.63, 3.8) is 0 Å². The van der Waals surface area contributed by atoms with Gasteiger partial charge in [0.15, 0.2) is 6.29 Å². The molecule has 128 valence electrons. The van der Waals surface area contributed by atoms with E-state index in [0.29, 0.717) is 13.2 Å². The first-order valence-electron chi connectivity index (χ1n) is 8.52. The van der Waals surface area contributed by atoms with Gasteiger partial charge in [0.2, 0.25) is 6.29 Å². The standard InChI is InChI=1S/C17H30O5/c1-17(2,3)13(12-21-14-8-4-6-10-19-14)16(18)22-15-9-5-7-11-20-15/h13-15H,4-12H2,1-3H3/t13-,14?,15?/m0/s1. The van der Waals surface area contributed by atoms with E-state index in [1.165, 1.54) is 0 Å². The molecule has 2 aliphatic rings. The van der Waals surface area contributed by atoms with Crippen molar-refractivity contribution in [1.29, 1.82) is 0 Å². The molecule has 2 saturated heterocycles. The molecule has 0 saturated carbocycles. The first kappa shape index (κ1) is 17.7. The Morgan fingerprint density at radius 3 is 2.14 bits per heavy atom. The SMILES string of the molecule is CC(C)(C)[C@@H](COC1CCCCO1)C(=O)OC1CCCCO1. The molecule has 0 amide bonds. The summed E-state index contributed by atoms with van der Waals surface area (Å²) in [5, 5.41) is 0. The van der Waals surface area contributed by atoms with Gasteiger partial charge in [0.25, 0.3) is 0 Å². The fraction of sp³-hybridized carbons (Fsp3) is 0.941. The summed E-state index contributed by atoms with van der Waals surface area (Å²) in [6.07, 6.45) is 5.40. The first-order chi connectivity index (χ1) is 10.5. The molecule has 0 radical (unpaired) electrons. The highest BCUT2D eigenvalue weighted by Crippen LogP contribution is 2.29. The van der Waals surface area contributed by atoms with Gasteiger partial charge in [-0.15, -0.1) is 0 Å². The summed E-state index contributed by atoms with van der Waals surface area (Å²) >= 11 is 0. The van der Waals surface area contributed by atoms with Crippen molar-refractivity contribution < 1.29 is 23.7 Å². The molecule has 0 spiro atoms. The van der Waals surface area contributed by atoms with Crippen molar-refractivity contribution in [3.8, 4) is 0 Å². The zero-order valence-corrected chi connectivity index (χ0v) is 14.1. The van der Waals surface area contributed by atoms with Crippen LogP contribution >= 0.6 is 0 Å². The Kier molecular flexibility index (Phi) is 6.66. The van der Waals surface area contributed by atoms with Crippen LogP contribution in [-0.4, -0.2) is 38.4 Å². The maximum Gasteiger partial charge on any atom is 0.314 e. The summed E-state index contributed by atoms with van der Waals surface area (Å²) in [5.41, 5.74) is -0.222. The second-order valence-corrected chi connectivity index (χ2v) is 7.28. The highest BCUT2D eigenvalue weighted by Gasteiger charge is 2.35. The third kappa shape index (κ3) is 5.52. The molecule has 5 heteroatoms. The van der Waals surface area contributed by atoms with Crippen molar-refractivity contribution in [1.82, 2.24) is 0 Å². The molecular weight excluding hydrogens is 284 g/mol. The molecule has 0 aromatic heterocycles. The minimum Gasteiger partial charge on any atom is -0.435 e.